The molecule has 3 N–H and O–H groups in total. The van der Waals surface area contributed by atoms with E-state index in [1.165, 1.54) is 5.56 Å². The first kappa shape index (κ1) is 15.2. The van der Waals surface area contributed by atoms with Crippen molar-refractivity contribution in [1.29, 1.82) is 0 Å². The summed E-state index contributed by atoms with van der Waals surface area (Å²) >= 11 is 0. The average molecular weight is 284 g/mol. The van der Waals surface area contributed by atoms with Crippen molar-refractivity contribution in [3.05, 3.63) is 54.1 Å². The van der Waals surface area contributed by atoms with Gasteiger partial charge in [-0.15, -0.1) is 0 Å². The van der Waals surface area contributed by atoms with Gasteiger partial charge in [-0.3, -0.25) is 0 Å². The number of hydrogen-bond donors (Lipinski definition) is 2. The smallest absolute Gasteiger partial charge is 0.123 e. The zero-order valence-corrected chi connectivity index (χ0v) is 12.6. The van der Waals surface area contributed by atoms with E-state index in [1.54, 1.807) is 0 Å². The van der Waals surface area contributed by atoms with Gasteiger partial charge in [0.1, 0.15) is 5.75 Å². The number of anilines is 2. The second kappa shape index (κ2) is 8.20. The van der Waals surface area contributed by atoms with Crippen LogP contribution in [-0.2, 0) is 6.42 Å². The molecule has 3 heteroatoms. The molecule has 0 fully saturated rings. The number of hydrogen-bond acceptors (Lipinski definition) is 3. The summed E-state index contributed by atoms with van der Waals surface area (Å²) in [5.74, 6) is 0.836. The second-order valence-electron chi connectivity index (χ2n) is 5.16. The van der Waals surface area contributed by atoms with Crippen LogP contribution in [0.1, 0.15) is 25.3 Å². The molecule has 0 heterocycles. The summed E-state index contributed by atoms with van der Waals surface area (Å²) in [6.45, 7) is 3.73. The molecule has 0 saturated heterocycles. The molecule has 0 spiro atoms. The SMILES string of the molecule is CCCOc1cc(N)cc(NCCCc2ccccc2)c1. The van der Waals surface area contributed by atoms with Crippen LogP contribution in [0.15, 0.2) is 48.5 Å². The highest BCUT2D eigenvalue weighted by Gasteiger charge is 2.00. The third kappa shape index (κ3) is 5.38. The summed E-state index contributed by atoms with van der Waals surface area (Å²) in [5.41, 5.74) is 9.03. The number of nitrogens with one attached hydrogen (secondary N) is 1. The third-order valence-corrected chi connectivity index (χ3v) is 3.22. The highest BCUT2D eigenvalue weighted by Crippen LogP contribution is 2.22. The summed E-state index contributed by atoms with van der Waals surface area (Å²) in [6.07, 6.45) is 3.16. The molecule has 2 aromatic carbocycles. The molecule has 0 aromatic heterocycles. The molecule has 3 nitrogen and oxygen atoms in total. The highest BCUT2D eigenvalue weighted by atomic mass is 16.5. The van der Waals surface area contributed by atoms with Gasteiger partial charge in [-0.25, -0.2) is 0 Å². The van der Waals surface area contributed by atoms with E-state index in [0.29, 0.717) is 0 Å². The van der Waals surface area contributed by atoms with Crippen LogP contribution in [0.2, 0.25) is 0 Å². The van der Waals surface area contributed by atoms with E-state index in [0.717, 1.165) is 49.5 Å². The van der Waals surface area contributed by atoms with Crippen LogP contribution in [0, 0.1) is 0 Å². The van der Waals surface area contributed by atoms with Crippen molar-refractivity contribution < 1.29 is 4.74 Å². The molecule has 0 aliphatic carbocycles. The van der Waals surface area contributed by atoms with E-state index in [-0.39, 0.29) is 0 Å². The maximum Gasteiger partial charge on any atom is 0.123 e. The van der Waals surface area contributed by atoms with E-state index in [1.807, 2.05) is 24.3 Å². The van der Waals surface area contributed by atoms with E-state index in [9.17, 15) is 0 Å². The first-order valence-electron chi connectivity index (χ1n) is 7.59. The number of nitrogen functional groups attached to an aromatic ring is 1. The standard InChI is InChI=1S/C18H24N2O/c1-2-11-21-18-13-16(19)12-17(14-18)20-10-6-9-15-7-4-3-5-8-15/h3-5,7-8,12-14,20H,2,6,9-11,19H2,1H3. The van der Waals surface area contributed by atoms with Crippen LogP contribution in [0.5, 0.6) is 5.75 Å². The normalized spacial score (nSPS) is 10.3. The lowest BCUT2D eigenvalue weighted by Crippen LogP contribution is -2.04. The largest absolute Gasteiger partial charge is 0.493 e. The summed E-state index contributed by atoms with van der Waals surface area (Å²) < 4.78 is 5.63. The Labute approximate surface area is 127 Å². The van der Waals surface area contributed by atoms with Gasteiger partial charge in [0.15, 0.2) is 0 Å². The van der Waals surface area contributed by atoms with Gasteiger partial charge < -0.3 is 15.8 Å². The van der Waals surface area contributed by atoms with E-state index >= 15 is 0 Å². The fraction of sp³-hybridized carbons (Fsp3) is 0.333. The lowest BCUT2D eigenvalue weighted by atomic mass is 10.1. The molecule has 0 bridgehead atoms. The van der Waals surface area contributed by atoms with E-state index in [2.05, 4.69) is 36.5 Å². The number of nitrogens with two attached hydrogens (primary N) is 1. The second-order valence-corrected chi connectivity index (χ2v) is 5.16. The quantitative estimate of drug-likeness (QED) is 0.566. The van der Waals surface area contributed by atoms with Crippen molar-refractivity contribution in [2.45, 2.75) is 26.2 Å². The Balaban J connectivity index is 1.81. The minimum Gasteiger partial charge on any atom is -0.493 e. The fourth-order valence-electron chi connectivity index (χ4n) is 2.20. The number of rotatable bonds is 8. The minimum atomic E-state index is 0.719. The van der Waals surface area contributed by atoms with Gasteiger partial charge >= 0.3 is 0 Å². The van der Waals surface area contributed by atoms with Crippen molar-refractivity contribution in [3.63, 3.8) is 0 Å². The Morgan fingerprint density at radius 2 is 1.90 bits per heavy atom. The lowest BCUT2D eigenvalue weighted by Gasteiger charge is -2.11. The zero-order chi connectivity index (χ0) is 14.9. The van der Waals surface area contributed by atoms with Crippen LogP contribution in [-0.4, -0.2) is 13.2 Å². The van der Waals surface area contributed by atoms with Crippen LogP contribution in [0.25, 0.3) is 0 Å². The third-order valence-electron chi connectivity index (χ3n) is 3.22. The number of aryl methyl sites for hydroxylation is 1. The van der Waals surface area contributed by atoms with Crippen molar-refractivity contribution in [2.24, 2.45) is 0 Å². The van der Waals surface area contributed by atoms with E-state index in [4.69, 9.17) is 10.5 Å². The van der Waals surface area contributed by atoms with Gasteiger partial charge in [0.2, 0.25) is 0 Å². The molecule has 0 aliphatic rings. The van der Waals surface area contributed by atoms with Gasteiger partial charge in [-0.05, 0) is 30.9 Å². The van der Waals surface area contributed by atoms with Gasteiger partial charge in [0.25, 0.3) is 0 Å². The van der Waals surface area contributed by atoms with Crippen molar-refractivity contribution >= 4 is 11.4 Å². The maximum atomic E-state index is 5.91. The molecule has 0 saturated carbocycles. The molecule has 2 rings (SSSR count). The van der Waals surface area contributed by atoms with Crippen LogP contribution >= 0.6 is 0 Å². The predicted octanol–water partition coefficient (Wildman–Crippen LogP) is 4.10. The Kier molecular flexibility index (Phi) is 5.95. The minimum absolute atomic E-state index is 0.719. The predicted molar refractivity (Wildman–Crippen MR) is 89.9 cm³/mol. The lowest BCUT2D eigenvalue weighted by molar-refractivity contribution is 0.318. The van der Waals surface area contributed by atoms with Crippen LogP contribution < -0.4 is 15.8 Å². The Bertz CT molecular complexity index is 540. The fourth-order valence-corrected chi connectivity index (χ4v) is 2.20. The molecule has 0 radical (unpaired) electrons. The van der Waals surface area contributed by atoms with Gasteiger partial charge in [0, 0.05) is 30.1 Å². The maximum absolute atomic E-state index is 5.91. The average Bonchev–Trinajstić information content (AvgIpc) is 2.50. The highest BCUT2D eigenvalue weighted by molar-refractivity contribution is 5.59. The first-order chi connectivity index (χ1) is 10.3. The Morgan fingerprint density at radius 3 is 2.67 bits per heavy atom. The monoisotopic (exact) mass is 284 g/mol. The van der Waals surface area contributed by atoms with Crippen molar-refractivity contribution in [1.82, 2.24) is 0 Å². The number of benzene rings is 2. The van der Waals surface area contributed by atoms with Gasteiger partial charge in [-0.2, -0.15) is 0 Å². The molecule has 0 atom stereocenters. The summed E-state index contributed by atoms with van der Waals surface area (Å²) in [7, 11) is 0. The summed E-state index contributed by atoms with van der Waals surface area (Å²) in [6, 6.07) is 16.4. The molecule has 0 amide bonds. The van der Waals surface area contributed by atoms with Crippen LogP contribution in [0.3, 0.4) is 0 Å². The molecular formula is C18H24N2O. The van der Waals surface area contributed by atoms with E-state index < -0.39 is 0 Å². The molecule has 0 unspecified atom stereocenters. The Morgan fingerprint density at radius 1 is 1.10 bits per heavy atom. The van der Waals surface area contributed by atoms with Crippen molar-refractivity contribution in [3.8, 4) is 5.75 Å². The molecule has 112 valence electrons. The first-order valence-corrected chi connectivity index (χ1v) is 7.59. The topological polar surface area (TPSA) is 47.3 Å². The summed E-state index contributed by atoms with van der Waals surface area (Å²) in [5, 5.41) is 3.41. The Hall–Kier alpha value is -2.16. The summed E-state index contributed by atoms with van der Waals surface area (Å²) in [4.78, 5) is 0. The molecule has 21 heavy (non-hydrogen) atoms. The van der Waals surface area contributed by atoms with Gasteiger partial charge in [0.05, 0.1) is 6.61 Å². The van der Waals surface area contributed by atoms with Crippen LogP contribution in [0.4, 0.5) is 11.4 Å². The zero-order valence-electron chi connectivity index (χ0n) is 12.6. The van der Waals surface area contributed by atoms with Gasteiger partial charge in [-0.1, -0.05) is 37.3 Å². The molecule has 0 aliphatic heterocycles. The van der Waals surface area contributed by atoms with Crippen molar-refractivity contribution in [2.75, 3.05) is 24.2 Å². The molecular weight excluding hydrogens is 260 g/mol. The molecule has 2 aromatic rings. The number of ether oxygens (including phenoxy) is 1.